The summed E-state index contributed by atoms with van der Waals surface area (Å²) in [6, 6.07) is 2.24. The van der Waals surface area contributed by atoms with Gasteiger partial charge < -0.3 is 15.3 Å². The van der Waals surface area contributed by atoms with Crippen LogP contribution < -0.4 is 10.2 Å². The van der Waals surface area contributed by atoms with E-state index in [4.69, 9.17) is 5.11 Å². The Balaban J connectivity index is 2.57. The molecule has 106 valence electrons. The zero-order valence-corrected chi connectivity index (χ0v) is 11.8. The van der Waals surface area contributed by atoms with Crippen molar-refractivity contribution in [1.82, 2.24) is 9.97 Å². The second kappa shape index (κ2) is 7.56. The van der Waals surface area contributed by atoms with Crippen LogP contribution >= 0.6 is 0 Å². The topological polar surface area (TPSA) is 78.4 Å². The maximum absolute atomic E-state index is 10.5. The standard InChI is InChI=1S/C13H22N4O2/c1-4-10(2)16-11-8-12(15-9-14-11)17(3)7-5-6-13(18)19/h8-10H,4-7H2,1-3H3,(H,18,19)(H,14,15,16). The number of carboxylic acids is 1. The lowest BCUT2D eigenvalue weighted by Gasteiger charge is -2.19. The van der Waals surface area contributed by atoms with E-state index in [0.29, 0.717) is 19.0 Å². The van der Waals surface area contributed by atoms with Crippen molar-refractivity contribution in [1.29, 1.82) is 0 Å². The Kier molecular flexibility index (Phi) is 6.05. The maximum atomic E-state index is 10.5. The smallest absolute Gasteiger partial charge is 0.303 e. The van der Waals surface area contributed by atoms with E-state index < -0.39 is 5.97 Å². The first kappa shape index (κ1) is 15.2. The minimum Gasteiger partial charge on any atom is -0.481 e. The molecule has 1 unspecified atom stereocenters. The van der Waals surface area contributed by atoms with Gasteiger partial charge in [0, 0.05) is 32.1 Å². The van der Waals surface area contributed by atoms with E-state index in [1.807, 2.05) is 18.0 Å². The number of nitrogens with zero attached hydrogens (tertiary/aromatic N) is 3. The van der Waals surface area contributed by atoms with Crippen molar-refractivity contribution in [2.24, 2.45) is 0 Å². The highest BCUT2D eigenvalue weighted by Gasteiger charge is 2.07. The fraction of sp³-hybridized carbons (Fsp3) is 0.615. The first-order valence-electron chi connectivity index (χ1n) is 6.54. The van der Waals surface area contributed by atoms with E-state index in [-0.39, 0.29) is 6.42 Å². The highest BCUT2D eigenvalue weighted by molar-refractivity contribution is 5.66. The van der Waals surface area contributed by atoms with Crippen LogP contribution in [-0.2, 0) is 4.79 Å². The lowest BCUT2D eigenvalue weighted by Crippen LogP contribution is -2.21. The molecule has 0 fully saturated rings. The fourth-order valence-electron chi connectivity index (χ4n) is 1.57. The molecule has 0 radical (unpaired) electrons. The minimum atomic E-state index is -0.768. The molecule has 0 amide bonds. The molecule has 6 heteroatoms. The van der Waals surface area contributed by atoms with Gasteiger partial charge in [0.15, 0.2) is 0 Å². The van der Waals surface area contributed by atoms with Gasteiger partial charge in [-0.3, -0.25) is 4.79 Å². The molecule has 0 saturated heterocycles. The fourth-order valence-corrected chi connectivity index (χ4v) is 1.57. The van der Waals surface area contributed by atoms with Crippen molar-refractivity contribution in [3.8, 4) is 0 Å². The molecule has 0 spiro atoms. The monoisotopic (exact) mass is 266 g/mol. The van der Waals surface area contributed by atoms with Gasteiger partial charge in [0.05, 0.1) is 0 Å². The van der Waals surface area contributed by atoms with Crippen molar-refractivity contribution in [2.45, 2.75) is 39.2 Å². The second-order valence-electron chi connectivity index (χ2n) is 4.63. The van der Waals surface area contributed by atoms with Gasteiger partial charge in [-0.15, -0.1) is 0 Å². The third-order valence-electron chi connectivity index (χ3n) is 2.93. The normalized spacial score (nSPS) is 11.9. The Hall–Kier alpha value is -1.85. The predicted octanol–water partition coefficient (Wildman–Crippen LogP) is 1.99. The number of anilines is 2. The van der Waals surface area contributed by atoms with Gasteiger partial charge in [-0.05, 0) is 19.8 Å². The largest absolute Gasteiger partial charge is 0.481 e. The zero-order valence-electron chi connectivity index (χ0n) is 11.8. The molecule has 19 heavy (non-hydrogen) atoms. The minimum absolute atomic E-state index is 0.174. The van der Waals surface area contributed by atoms with Gasteiger partial charge >= 0.3 is 5.97 Å². The summed E-state index contributed by atoms with van der Waals surface area (Å²) in [7, 11) is 1.90. The van der Waals surface area contributed by atoms with E-state index in [1.165, 1.54) is 6.33 Å². The Morgan fingerprint density at radius 2 is 2.26 bits per heavy atom. The van der Waals surface area contributed by atoms with Gasteiger partial charge in [0.2, 0.25) is 0 Å². The Bertz CT molecular complexity index is 411. The first-order chi connectivity index (χ1) is 9.02. The predicted molar refractivity (Wildman–Crippen MR) is 75.5 cm³/mol. The molecule has 2 N–H and O–H groups in total. The van der Waals surface area contributed by atoms with E-state index in [1.54, 1.807) is 0 Å². The summed E-state index contributed by atoms with van der Waals surface area (Å²) in [5, 5.41) is 11.9. The average Bonchev–Trinajstić information content (AvgIpc) is 2.38. The summed E-state index contributed by atoms with van der Waals surface area (Å²) in [5.41, 5.74) is 0. The van der Waals surface area contributed by atoms with Gasteiger partial charge in [-0.2, -0.15) is 0 Å². The maximum Gasteiger partial charge on any atom is 0.303 e. The number of hydrogen-bond acceptors (Lipinski definition) is 5. The van der Waals surface area contributed by atoms with E-state index in [0.717, 1.165) is 18.1 Å². The summed E-state index contributed by atoms with van der Waals surface area (Å²) in [5.74, 6) is 0.825. The Morgan fingerprint density at radius 1 is 1.53 bits per heavy atom. The molecule has 1 rings (SSSR count). The molecule has 0 saturated carbocycles. The molecular weight excluding hydrogens is 244 g/mol. The van der Waals surface area contributed by atoms with Crippen molar-refractivity contribution in [2.75, 3.05) is 23.8 Å². The van der Waals surface area contributed by atoms with Gasteiger partial charge in [0.25, 0.3) is 0 Å². The average molecular weight is 266 g/mol. The number of carboxylic acid groups (broad SMARTS) is 1. The van der Waals surface area contributed by atoms with Crippen molar-refractivity contribution in [3.63, 3.8) is 0 Å². The molecule has 0 aliphatic rings. The SMILES string of the molecule is CCC(C)Nc1cc(N(C)CCCC(=O)O)ncn1. The van der Waals surface area contributed by atoms with Crippen LogP contribution in [0.25, 0.3) is 0 Å². The molecule has 1 atom stereocenters. The molecule has 6 nitrogen and oxygen atoms in total. The number of carbonyl (C=O) groups is 1. The summed E-state index contributed by atoms with van der Waals surface area (Å²) >= 11 is 0. The van der Waals surface area contributed by atoms with Crippen molar-refractivity contribution < 1.29 is 9.90 Å². The highest BCUT2D eigenvalue weighted by Crippen LogP contribution is 2.14. The third-order valence-corrected chi connectivity index (χ3v) is 2.93. The van der Waals surface area contributed by atoms with Crippen molar-refractivity contribution >= 4 is 17.6 Å². The first-order valence-corrected chi connectivity index (χ1v) is 6.54. The van der Waals surface area contributed by atoms with Gasteiger partial charge in [0.1, 0.15) is 18.0 Å². The number of hydrogen-bond donors (Lipinski definition) is 2. The third kappa shape index (κ3) is 5.54. The van der Waals surface area contributed by atoms with E-state index in [9.17, 15) is 4.79 Å². The molecule has 0 aromatic carbocycles. The number of aliphatic carboxylic acids is 1. The molecule has 1 heterocycles. The van der Waals surface area contributed by atoms with E-state index in [2.05, 4.69) is 29.1 Å². The van der Waals surface area contributed by atoms with Crippen LogP contribution in [0.5, 0.6) is 0 Å². The molecule has 1 aromatic heterocycles. The number of rotatable bonds is 8. The van der Waals surface area contributed by atoms with Crippen LogP contribution in [0.4, 0.5) is 11.6 Å². The van der Waals surface area contributed by atoms with Gasteiger partial charge in [-0.25, -0.2) is 9.97 Å². The van der Waals surface area contributed by atoms with Gasteiger partial charge in [-0.1, -0.05) is 6.92 Å². The number of nitrogens with one attached hydrogen (secondary N) is 1. The molecule has 0 aliphatic heterocycles. The van der Waals surface area contributed by atoms with Crippen LogP contribution in [-0.4, -0.2) is 40.7 Å². The lowest BCUT2D eigenvalue weighted by atomic mass is 10.2. The highest BCUT2D eigenvalue weighted by atomic mass is 16.4. The summed E-state index contributed by atoms with van der Waals surface area (Å²) in [6.07, 6.45) is 3.32. The summed E-state index contributed by atoms with van der Waals surface area (Å²) in [4.78, 5) is 20.8. The molecular formula is C13H22N4O2. The Labute approximate surface area is 113 Å². The van der Waals surface area contributed by atoms with E-state index >= 15 is 0 Å². The van der Waals surface area contributed by atoms with Crippen LogP contribution in [0.2, 0.25) is 0 Å². The van der Waals surface area contributed by atoms with Crippen molar-refractivity contribution in [3.05, 3.63) is 12.4 Å². The molecule has 0 aliphatic carbocycles. The van der Waals surface area contributed by atoms with Crippen LogP contribution in [0.1, 0.15) is 33.1 Å². The zero-order chi connectivity index (χ0) is 14.3. The van der Waals surface area contributed by atoms with Crippen LogP contribution in [0.15, 0.2) is 12.4 Å². The lowest BCUT2D eigenvalue weighted by molar-refractivity contribution is -0.137. The Morgan fingerprint density at radius 3 is 2.89 bits per heavy atom. The summed E-state index contributed by atoms with van der Waals surface area (Å²) < 4.78 is 0. The number of aromatic nitrogens is 2. The summed E-state index contributed by atoms with van der Waals surface area (Å²) in [6.45, 7) is 4.86. The molecule has 0 bridgehead atoms. The van der Waals surface area contributed by atoms with Crippen LogP contribution in [0.3, 0.4) is 0 Å². The second-order valence-corrected chi connectivity index (χ2v) is 4.63. The quantitative estimate of drug-likeness (QED) is 0.749. The van der Waals surface area contributed by atoms with Crippen LogP contribution in [0, 0.1) is 0 Å². The molecule has 1 aromatic rings.